The van der Waals surface area contributed by atoms with Gasteiger partial charge in [0.2, 0.25) is 0 Å². The molecule has 0 radical (unpaired) electrons. The SMILES string of the molecule is CCCCC/C=C\C/C=C\C/C=C\C/C=C\CCCC(=O)OC[C@H](COP(=O)(O)OC[C@@H](O)COP(=O)(O)OC[C@@H](COC(=O)CCCCCCCCCCCCCCCCCCC)OC(=O)CCCCCCCCCCCCCCCCC)OC(=O)CCCCCCC/C=C\C/C=C\CCCCC. The minimum absolute atomic E-state index is 0.0699. The molecule has 606 valence electrons. The van der Waals surface area contributed by atoms with Crippen LogP contribution in [0.15, 0.2) is 72.9 Å². The molecule has 2 unspecified atom stereocenters. The van der Waals surface area contributed by atoms with Gasteiger partial charge in [0, 0.05) is 25.7 Å². The standard InChI is InChI=1S/C85H154O17P2/c1-5-9-13-17-21-25-29-33-37-39-43-45-49-53-57-61-65-69-82(87)95-75-80(101-84(89)71-67-63-59-55-51-47-41-35-31-27-23-19-15-11-7-3)77-99-103(91,92)97-73-79(86)74-98-104(93,94)100-78-81(102-85(90)72-68-64-60-56-52-48-42-36-32-28-24-20-16-12-8-4)76-96-83(88)70-66-62-58-54-50-46-44-40-38-34-30-26-22-18-14-10-6-2/h21,23,25,27,33,35,37,41,43,45,53,57,79-81,86H,5-20,22,24,26,28-32,34,36,38-40,42,44,46-52,54-56,58-78H2,1-4H3,(H,91,92)(H,93,94)/b25-21-,27-23-,37-33-,41-35-,45-43-,57-53-/t79-,80-,81-/m1/s1. The van der Waals surface area contributed by atoms with Gasteiger partial charge in [0.15, 0.2) is 12.2 Å². The monoisotopic (exact) mass is 1510 g/mol. The highest BCUT2D eigenvalue weighted by atomic mass is 31.2. The van der Waals surface area contributed by atoms with Crippen molar-refractivity contribution in [3.05, 3.63) is 72.9 Å². The average Bonchev–Trinajstić information content (AvgIpc) is 0.937. The molecule has 0 amide bonds. The van der Waals surface area contributed by atoms with E-state index >= 15 is 0 Å². The summed E-state index contributed by atoms with van der Waals surface area (Å²) in [5.41, 5.74) is 0. The minimum atomic E-state index is -4.99. The fraction of sp³-hybridized carbons (Fsp3) is 0.812. The van der Waals surface area contributed by atoms with Crippen LogP contribution in [-0.2, 0) is 65.4 Å². The lowest BCUT2D eigenvalue weighted by atomic mass is 10.0. The van der Waals surface area contributed by atoms with E-state index in [4.69, 9.17) is 37.0 Å². The first-order valence-corrected chi connectivity index (χ1v) is 45.2. The summed E-state index contributed by atoms with van der Waals surface area (Å²) in [6.45, 7) is 4.84. The zero-order valence-electron chi connectivity index (χ0n) is 66.5. The number of carbonyl (C=O) groups is 4. The highest BCUT2D eigenvalue weighted by molar-refractivity contribution is 7.47. The first kappa shape index (κ1) is 100. The van der Waals surface area contributed by atoms with Crippen LogP contribution in [0.5, 0.6) is 0 Å². The van der Waals surface area contributed by atoms with Crippen molar-refractivity contribution in [3.63, 3.8) is 0 Å². The molecular formula is C85H154O17P2. The number of hydrogen-bond acceptors (Lipinski definition) is 15. The minimum Gasteiger partial charge on any atom is -0.462 e. The van der Waals surface area contributed by atoms with Gasteiger partial charge in [0.1, 0.15) is 19.3 Å². The fourth-order valence-corrected chi connectivity index (χ4v) is 13.3. The lowest BCUT2D eigenvalue weighted by Gasteiger charge is -2.21. The summed E-state index contributed by atoms with van der Waals surface area (Å²) in [5.74, 6) is -2.22. The van der Waals surface area contributed by atoms with Gasteiger partial charge < -0.3 is 33.8 Å². The van der Waals surface area contributed by atoms with E-state index in [1.54, 1.807) is 0 Å². The molecule has 0 fully saturated rings. The van der Waals surface area contributed by atoms with Crippen LogP contribution in [0.2, 0.25) is 0 Å². The number of carbonyl (C=O) groups excluding carboxylic acids is 4. The van der Waals surface area contributed by atoms with Gasteiger partial charge in [-0.3, -0.25) is 37.3 Å². The molecule has 104 heavy (non-hydrogen) atoms. The Morgan fingerprint density at radius 1 is 0.269 bits per heavy atom. The molecule has 0 aliphatic heterocycles. The number of rotatable bonds is 80. The third-order valence-corrected chi connectivity index (χ3v) is 20.1. The molecule has 0 bridgehead atoms. The van der Waals surface area contributed by atoms with E-state index in [1.807, 2.05) is 12.2 Å². The number of esters is 4. The summed E-state index contributed by atoms with van der Waals surface area (Å²) in [5, 5.41) is 10.7. The lowest BCUT2D eigenvalue weighted by molar-refractivity contribution is -0.161. The number of phosphoric ester groups is 2. The first-order valence-electron chi connectivity index (χ1n) is 42.2. The van der Waals surface area contributed by atoms with E-state index in [0.29, 0.717) is 32.1 Å². The highest BCUT2D eigenvalue weighted by Gasteiger charge is 2.30. The van der Waals surface area contributed by atoms with Crippen LogP contribution in [0, 0.1) is 0 Å². The summed E-state index contributed by atoms with van der Waals surface area (Å²) in [4.78, 5) is 73.1. The number of aliphatic hydroxyl groups is 1. The Hall–Kier alpha value is -3.50. The maximum absolute atomic E-state index is 13.1. The lowest BCUT2D eigenvalue weighted by Crippen LogP contribution is -2.30. The van der Waals surface area contributed by atoms with Gasteiger partial charge in [-0.1, -0.05) is 338 Å². The smallest absolute Gasteiger partial charge is 0.462 e. The van der Waals surface area contributed by atoms with Gasteiger partial charge in [-0.05, 0) is 96.3 Å². The predicted molar refractivity (Wildman–Crippen MR) is 427 cm³/mol. The van der Waals surface area contributed by atoms with Crippen molar-refractivity contribution < 1.29 is 80.2 Å². The molecule has 0 aliphatic carbocycles. The molecule has 5 atom stereocenters. The topological polar surface area (TPSA) is 237 Å². The number of allylic oxidation sites excluding steroid dienone is 12. The van der Waals surface area contributed by atoms with Crippen LogP contribution in [0.25, 0.3) is 0 Å². The van der Waals surface area contributed by atoms with E-state index < -0.39 is 97.5 Å². The summed E-state index contributed by atoms with van der Waals surface area (Å²) in [7, 11) is -9.96. The third-order valence-electron chi connectivity index (χ3n) is 18.2. The summed E-state index contributed by atoms with van der Waals surface area (Å²) in [6, 6.07) is 0. The van der Waals surface area contributed by atoms with Gasteiger partial charge in [-0.25, -0.2) is 9.13 Å². The van der Waals surface area contributed by atoms with Crippen LogP contribution in [0.4, 0.5) is 0 Å². The molecule has 0 aromatic carbocycles. The molecule has 0 heterocycles. The highest BCUT2D eigenvalue weighted by Crippen LogP contribution is 2.45. The Balaban J connectivity index is 5.37. The molecule has 0 rings (SSSR count). The van der Waals surface area contributed by atoms with Crippen molar-refractivity contribution in [2.24, 2.45) is 0 Å². The average molecular weight is 1510 g/mol. The molecule has 0 saturated carbocycles. The maximum Gasteiger partial charge on any atom is 0.472 e. The van der Waals surface area contributed by atoms with E-state index in [-0.39, 0.29) is 25.7 Å². The second-order valence-corrected chi connectivity index (χ2v) is 31.3. The van der Waals surface area contributed by atoms with Crippen molar-refractivity contribution in [2.45, 2.75) is 406 Å². The summed E-state index contributed by atoms with van der Waals surface area (Å²) in [6.07, 6.45) is 80.1. The number of phosphoric acid groups is 2. The van der Waals surface area contributed by atoms with Gasteiger partial charge in [-0.15, -0.1) is 0 Å². The van der Waals surface area contributed by atoms with Crippen LogP contribution in [0.1, 0.15) is 387 Å². The van der Waals surface area contributed by atoms with Gasteiger partial charge in [-0.2, -0.15) is 0 Å². The number of ether oxygens (including phenoxy) is 4. The Morgan fingerprint density at radius 3 is 0.779 bits per heavy atom. The Kier molecular flexibility index (Phi) is 75.0. The van der Waals surface area contributed by atoms with Crippen LogP contribution in [0.3, 0.4) is 0 Å². The largest absolute Gasteiger partial charge is 0.472 e. The van der Waals surface area contributed by atoms with Crippen LogP contribution >= 0.6 is 15.6 Å². The summed E-state index contributed by atoms with van der Waals surface area (Å²) >= 11 is 0. The van der Waals surface area contributed by atoms with Gasteiger partial charge >= 0.3 is 39.5 Å². The quantitative estimate of drug-likeness (QED) is 0.0169. The van der Waals surface area contributed by atoms with Gasteiger partial charge in [0.05, 0.1) is 26.4 Å². The Bertz CT molecular complexity index is 2250. The third kappa shape index (κ3) is 76.7. The van der Waals surface area contributed by atoms with Gasteiger partial charge in [0.25, 0.3) is 0 Å². The zero-order valence-corrected chi connectivity index (χ0v) is 68.2. The molecule has 19 heteroatoms. The number of unbranched alkanes of at least 4 members (excludes halogenated alkanes) is 42. The van der Waals surface area contributed by atoms with Crippen LogP contribution in [-0.4, -0.2) is 96.7 Å². The van der Waals surface area contributed by atoms with Crippen molar-refractivity contribution in [3.8, 4) is 0 Å². The van der Waals surface area contributed by atoms with E-state index in [1.165, 1.54) is 186 Å². The normalized spacial score (nSPS) is 14.2. The molecule has 3 N–H and O–H groups in total. The van der Waals surface area contributed by atoms with Crippen molar-refractivity contribution >= 4 is 39.5 Å². The summed E-state index contributed by atoms with van der Waals surface area (Å²) < 4.78 is 68.7. The molecule has 0 aromatic heterocycles. The van der Waals surface area contributed by atoms with Crippen LogP contribution < -0.4 is 0 Å². The molecule has 0 aromatic rings. The maximum atomic E-state index is 13.1. The zero-order chi connectivity index (χ0) is 76.0. The molecule has 17 nitrogen and oxygen atoms in total. The van der Waals surface area contributed by atoms with Crippen molar-refractivity contribution in [1.82, 2.24) is 0 Å². The first-order chi connectivity index (χ1) is 50.7. The van der Waals surface area contributed by atoms with E-state index in [2.05, 4.69) is 88.5 Å². The van der Waals surface area contributed by atoms with E-state index in [0.717, 1.165) is 116 Å². The Labute approximate surface area is 634 Å². The molecule has 0 saturated heterocycles. The predicted octanol–water partition coefficient (Wildman–Crippen LogP) is 24.8. The molecule has 0 aliphatic rings. The molecular weight excluding hydrogens is 1350 g/mol. The van der Waals surface area contributed by atoms with E-state index in [9.17, 15) is 43.2 Å². The molecule has 0 spiro atoms. The fourth-order valence-electron chi connectivity index (χ4n) is 11.7. The number of hydrogen-bond donors (Lipinski definition) is 3. The van der Waals surface area contributed by atoms with Crippen molar-refractivity contribution in [2.75, 3.05) is 39.6 Å². The van der Waals surface area contributed by atoms with Crippen molar-refractivity contribution in [1.29, 1.82) is 0 Å². The second-order valence-electron chi connectivity index (χ2n) is 28.4. The second kappa shape index (κ2) is 77.7. The number of aliphatic hydroxyl groups excluding tert-OH is 1. The Morgan fingerprint density at radius 2 is 0.481 bits per heavy atom.